The Bertz CT molecular complexity index is 2700. The summed E-state index contributed by atoms with van der Waals surface area (Å²) in [7, 11) is 0. The van der Waals surface area contributed by atoms with Crippen molar-refractivity contribution in [2.45, 2.75) is 76.7 Å². The Morgan fingerprint density at radius 2 is 0.969 bits per heavy atom. The number of aromatic nitrogens is 12. The summed E-state index contributed by atoms with van der Waals surface area (Å²) in [6.07, 6.45) is 3.73. The molecule has 4 aromatic heterocycles. The van der Waals surface area contributed by atoms with Gasteiger partial charge in [-0.2, -0.15) is 20.2 Å². The first kappa shape index (κ1) is 42.0. The number of aliphatic hydroxyl groups excluding tert-OH is 2. The van der Waals surface area contributed by atoms with Crippen molar-refractivity contribution in [3.8, 4) is 11.4 Å². The first-order chi connectivity index (χ1) is 30.9. The number of aryl methyl sites for hydroxylation is 4. The molecule has 0 aliphatic carbocycles. The molecular formula is C44H42F4N14O2. The minimum Gasteiger partial charge on any atom is -0.393 e. The predicted octanol–water partition coefficient (Wildman–Crippen LogP) is 6.95. The Balaban J connectivity index is 0.000000162. The number of aliphatic hydroxyl groups is 2. The molecule has 4 atom stereocenters. The Labute approximate surface area is 363 Å². The summed E-state index contributed by atoms with van der Waals surface area (Å²) in [4.78, 5) is 17.3. The lowest BCUT2D eigenvalue weighted by Crippen LogP contribution is -2.12. The summed E-state index contributed by atoms with van der Waals surface area (Å²) >= 11 is 0. The highest BCUT2D eigenvalue weighted by Crippen LogP contribution is 2.35. The van der Waals surface area contributed by atoms with Crippen molar-refractivity contribution in [1.82, 2.24) is 59.1 Å². The molecule has 0 amide bonds. The molecule has 328 valence electrons. The van der Waals surface area contributed by atoms with Crippen molar-refractivity contribution in [3.05, 3.63) is 155 Å². The molecule has 10 rings (SSSR count). The summed E-state index contributed by atoms with van der Waals surface area (Å²) in [6.45, 7) is 4.49. The van der Waals surface area contributed by atoms with Crippen LogP contribution in [-0.4, -0.2) is 81.5 Å². The molecule has 20 heteroatoms. The van der Waals surface area contributed by atoms with Crippen LogP contribution in [0.1, 0.15) is 71.9 Å². The average molecular weight is 875 g/mol. The Morgan fingerprint density at radius 1 is 0.562 bits per heavy atom. The molecule has 64 heavy (non-hydrogen) atoms. The van der Waals surface area contributed by atoms with Crippen LogP contribution >= 0.6 is 0 Å². The summed E-state index contributed by atoms with van der Waals surface area (Å²) in [6, 6.07) is 21.7. The first-order valence-electron chi connectivity index (χ1n) is 20.6. The van der Waals surface area contributed by atoms with Crippen LogP contribution in [0.5, 0.6) is 0 Å². The molecule has 8 aromatic rings. The molecular weight excluding hydrogens is 833 g/mol. The summed E-state index contributed by atoms with van der Waals surface area (Å²) in [5.41, 5.74) is 3.28. The molecule has 2 aliphatic rings. The third kappa shape index (κ3) is 8.95. The molecule has 16 nitrogen and oxygen atoms in total. The minimum absolute atomic E-state index is 0.231. The van der Waals surface area contributed by atoms with Gasteiger partial charge in [0.1, 0.15) is 59.0 Å². The van der Waals surface area contributed by atoms with Gasteiger partial charge in [0, 0.05) is 36.3 Å². The quantitative estimate of drug-likeness (QED) is 0.115. The largest absolute Gasteiger partial charge is 0.393 e. The minimum atomic E-state index is -0.508. The van der Waals surface area contributed by atoms with Crippen LogP contribution in [0.3, 0.4) is 0 Å². The zero-order valence-corrected chi connectivity index (χ0v) is 34.6. The summed E-state index contributed by atoms with van der Waals surface area (Å²) in [5, 5.41) is 43.8. The molecule has 4 N–H and O–H groups in total. The second-order valence-electron chi connectivity index (χ2n) is 15.6. The second kappa shape index (κ2) is 17.8. The summed E-state index contributed by atoms with van der Waals surface area (Å²) < 4.78 is 62.5. The van der Waals surface area contributed by atoms with E-state index in [9.17, 15) is 27.8 Å². The van der Waals surface area contributed by atoms with Crippen LogP contribution in [0.4, 0.5) is 40.8 Å². The molecule has 0 bridgehead atoms. The lowest BCUT2D eigenvalue weighted by molar-refractivity contribution is 0.149. The van der Waals surface area contributed by atoms with E-state index in [0.717, 1.165) is 11.1 Å². The number of nitrogens with one attached hydrogen (secondary N) is 2. The van der Waals surface area contributed by atoms with E-state index in [-0.39, 0.29) is 23.5 Å². The van der Waals surface area contributed by atoms with E-state index >= 15 is 0 Å². The normalized spacial score (nSPS) is 18.2. The van der Waals surface area contributed by atoms with Gasteiger partial charge in [0.05, 0.1) is 12.2 Å². The fraction of sp³-hybridized carbons (Fsp3) is 0.273. The smallest absolute Gasteiger partial charge is 0.246 e. The lowest BCUT2D eigenvalue weighted by atomic mass is 9.92. The highest BCUT2D eigenvalue weighted by Gasteiger charge is 2.30. The van der Waals surface area contributed by atoms with Gasteiger partial charge < -0.3 is 20.8 Å². The SMILES string of the molecule is Cc1ncnn1-c1ccc(Nc2nc3n(n2)CC[C@@H](O)C[C@@H]3c2ccc(F)cc2)cc1F.Cc1ncnn1-c1ccc(Nc2nc3n(n2)CC[C@H](O)C[C@@H]3c2ccc(F)cc2)cc1F. The van der Waals surface area contributed by atoms with E-state index in [4.69, 9.17) is 0 Å². The van der Waals surface area contributed by atoms with Crippen LogP contribution < -0.4 is 10.6 Å². The van der Waals surface area contributed by atoms with E-state index in [1.165, 1.54) is 58.4 Å². The van der Waals surface area contributed by atoms with Crippen molar-refractivity contribution >= 4 is 23.3 Å². The van der Waals surface area contributed by atoms with Crippen LogP contribution in [-0.2, 0) is 13.1 Å². The maximum atomic E-state index is 14.7. The van der Waals surface area contributed by atoms with Gasteiger partial charge in [0.15, 0.2) is 11.6 Å². The molecule has 0 spiro atoms. The van der Waals surface area contributed by atoms with E-state index in [1.807, 2.05) is 0 Å². The number of halogens is 4. The highest BCUT2D eigenvalue weighted by molar-refractivity contribution is 5.57. The zero-order chi connectivity index (χ0) is 44.5. The zero-order valence-electron chi connectivity index (χ0n) is 34.6. The van der Waals surface area contributed by atoms with Gasteiger partial charge in [-0.1, -0.05) is 24.3 Å². The van der Waals surface area contributed by atoms with Gasteiger partial charge in [0.2, 0.25) is 11.9 Å². The monoisotopic (exact) mass is 874 g/mol. The van der Waals surface area contributed by atoms with Gasteiger partial charge in [-0.05, 0) is 111 Å². The number of anilines is 4. The molecule has 0 fully saturated rings. The molecule has 6 heterocycles. The van der Waals surface area contributed by atoms with Crippen molar-refractivity contribution in [3.63, 3.8) is 0 Å². The fourth-order valence-electron chi connectivity index (χ4n) is 8.00. The fourth-order valence-corrected chi connectivity index (χ4v) is 8.00. The van der Waals surface area contributed by atoms with Crippen molar-refractivity contribution in [2.75, 3.05) is 10.6 Å². The van der Waals surface area contributed by atoms with E-state index in [2.05, 4.69) is 51.0 Å². The number of hydrogen-bond donors (Lipinski definition) is 4. The first-order valence-corrected chi connectivity index (χ1v) is 20.6. The highest BCUT2D eigenvalue weighted by atomic mass is 19.1. The maximum Gasteiger partial charge on any atom is 0.246 e. The van der Waals surface area contributed by atoms with E-state index < -0.39 is 23.8 Å². The van der Waals surface area contributed by atoms with Gasteiger partial charge in [0.25, 0.3) is 0 Å². The van der Waals surface area contributed by atoms with Crippen LogP contribution in [0.25, 0.3) is 11.4 Å². The van der Waals surface area contributed by atoms with Gasteiger partial charge in [-0.3, -0.25) is 0 Å². The Kier molecular flexibility index (Phi) is 11.7. The maximum absolute atomic E-state index is 14.7. The van der Waals surface area contributed by atoms with Gasteiger partial charge in [-0.15, -0.1) is 10.2 Å². The second-order valence-corrected chi connectivity index (χ2v) is 15.6. The van der Waals surface area contributed by atoms with Crippen molar-refractivity contribution in [2.24, 2.45) is 0 Å². The third-order valence-corrected chi connectivity index (χ3v) is 11.2. The molecule has 0 saturated heterocycles. The van der Waals surface area contributed by atoms with Crippen LogP contribution in [0, 0.1) is 37.1 Å². The lowest BCUT2D eigenvalue weighted by Gasteiger charge is -2.16. The van der Waals surface area contributed by atoms with Crippen molar-refractivity contribution < 1.29 is 27.8 Å². The summed E-state index contributed by atoms with van der Waals surface area (Å²) in [5.74, 6) is 1.13. The predicted molar refractivity (Wildman–Crippen MR) is 226 cm³/mol. The Hall–Kier alpha value is -7.32. The molecule has 4 aromatic carbocycles. The molecule has 0 unspecified atom stereocenters. The number of nitrogens with zero attached hydrogens (tertiary/aromatic N) is 12. The average Bonchev–Trinajstić information content (AvgIpc) is 4.06. The standard InChI is InChI=1S/2C22H21F2N7O/c2*1-13-25-12-26-31(13)20-7-6-16(10-19(20)24)27-22-28-21-18(14-2-4-15(23)5-3-14)11-17(32)8-9-30(21)29-22/h2*2-7,10,12,17-18,32H,8-9,11H2,1H3,(H,27,29)/t17-,18+;17-,18-/m01/s1. The topological polar surface area (TPSA) is 187 Å². The van der Waals surface area contributed by atoms with Crippen LogP contribution in [0.2, 0.25) is 0 Å². The Morgan fingerprint density at radius 3 is 1.33 bits per heavy atom. The number of fused-ring (bicyclic) bond motifs is 2. The van der Waals surface area contributed by atoms with Crippen LogP contribution in [0.15, 0.2) is 97.6 Å². The third-order valence-electron chi connectivity index (χ3n) is 11.2. The number of benzene rings is 4. The van der Waals surface area contributed by atoms with E-state index in [0.29, 0.717) is 96.7 Å². The van der Waals surface area contributed by atoms with Gasteiger partial charge >= 0.3 is 0 Å². The number of rotatable bonds is 8. The molecule has 2 aliphatic heterocycles. The van der Waals surface area contributed by atoms with Gasteiger partial charge in [-0.25, -0.2) is 46.3 Å². The number of hydrogen-bond acceptors (Lipinski definition) is 12. The van der Waals surface area contributed by atoms with Crippen molar-refractivity contribution in [1.29, 1.82) is 0 Å². The molecule has 0 saturated carbocycles. The van der Waals surface area contributed by atoms with E-state index in [1.54, 1.807) is 71.7 Å². The molecule has 0 radical (unpaired) electrons.